The van der Waals surface area contributed by atoms with Gasteiger partial charge in [0.15, 0.2) is 0 Å². The molecule has 0 bridgehead atoms. The molecule has 0 fully saturated rings. The Morgan fingerprint density at radius 1 is 0.879 bits per heavy atom. The Morgan fingerprint density at radius 2 is 1.52 bits per heavy atom. The molecule has 0 unspecified atom stereocenters. The van der Waals surface area contributed by atoms with E-state index in [9.17, 15) is 18.0 Å². The lowest BCUT2D eigenvalue weighted by Crippen LogP contribution is -2.39. The second kappa shape index (κ2) is 11.1. The smallest absolute Gasteiger partial charge is 0.243 e. The van der Waals surface area contributed by atoms with Crippen LogP contribution in [0.1, 0.15) is 12.5 Å². The number of halogens is 1. The van der Waals surface area contributed by atoms with E-state index >= 15 is 0 Å². The Hall–Kier alpha value is -3.20. The molecular weight excluding hydrogens is 462 g/mol. The monoisotopic (exact) mass is 485 g/mol. The lowest BCUT2D eigenvalue weighted by atomic mass is 10.1. The molecule has 0 aliphatic rings. The summed E-state index contributed by atoms with van der Waals surface area (Å²) < 4.78 is 27.7. The van der Waals surface area contributed by atoms with E-state index in [-0.39, 0.29) is 23.9 Å². The number of hydrogen-bond donors (Lipinski definition) is 2. The van der Waals surface area contributed by atoms with E-state index in [2.05, 4.69) is 10.6 Å². The largest absolute Gasteiger partial charge is 0.326 e. The Bertz CT molecular complexity index is 1220. The molecule has 2 amide bonds. The van der Waals surface area contributed by atoms with Gasteiger partial charge in [-0.2, -0.15) is 4.31 Å². The lowest BCUT2D eigenvalue weighted by Gasteiger charge is -2.22. The van der Waals surface area contributed by atoms with E-state index in [1.165, 1.54) is 31.2 Å². The molecule has 0 saturated carbocycles. The number of carbonyl (C=O) groups is 2. The van der Waals surface area contributed by atoms with Gasteiger partial charge in [-0.1, -0.05) is 48.0 Å². The van der Waals surface area contributed by atoms with Crippen LogP contribution in [0.15, 0.2) is 83.8 Å². The minimum absolute atomic E-state index is 0.0559. The lowest BCUT2D eigenvalue weighted by molar-refractivity contribution is -0.116. The van der Waals surface area contributed by atoms with Crippen LogP contribution in [0.2, 0.25) is 5.02 Å². The number of benzene rings is 3. The second-order valence-electron chi connectivity index (χ2n) is 7.34. The van der Waals surface area contributed by atoms with Gasteiger partial charge in [-0.05, 0) is 54.4 Å². The van der Waals surface area contributed by atoms with Crippen LogP contribution in [0.25, 0.3) is 0 Å². The van der Waals surface area contributed by atoms with Gasteiger partial charge in [-0.25, -0.2) is 8.42 Å². The molecule has 0 saturated heterocycles. The van der Waals surface area contributed by atoms with E-state index in [0.29, 0.717) is 22.8 Å². The van der Waals surface area contributed by atoms with Crippen molar-refractivity contribution in [1.29, 1.82) is 0 Å². The van der Waals surface area contributed by atoms with Gasteiger partial charge in [-0.3, -0.25) is 9.59 Å². The highest BCUT2D eigenvalue weighted by Gasteiger charge is 2.26. The van der Waals surface area contributed by atoms with Crippen LogP contribution in [0.4, 0.5) is 11.4 Å². The fourth-order valence-corrected chi connectivity index (χ4v) is 4.70. The zero-order chi connectivity index (χ0) is 23.8. The summed E-state index contributed by atoms with van der Waals surface area (Å²) in [5.41, 5.74) is 1.92. The molecule has 0 aliphatic heterocycles. The third kappa shape index (κ3) is 7.15. The maximum Gasteiger partial charge on any atom is 0.243 e. The number of carbonyl (C=O) groups excluding carboxylic acids is 2. The zero-order valence-electron chi connectivity index (χ0n) is 18.0. The van der Waals surface area contributed by atoms with Crippen molar-refractivity contribution < 1.29 is 18.0 Å². The third-order valence-corrected chi connectivity index (χ3v) is 6.84. The van der Waals surface area contributed by atoms with Gasteiger partial charge in [0.2, 0.25) is 21.8 Å². The molecule has 9 heteroatoms. The summed E-state index contributed by atoms with van der Waals surface area (Å²) in [5.74, 6) is -0.736. The highest BCUT2D eigenvalue weighted by Crippen LogP contribution is 2.20. The number of anilines is 2. The van der Waals surface area contributed by atoms with Gasteiger partial charge in [-0.15, -0.1) is 0 Å². The van der Waals surface area contributed by atoms with Crippen molar-refractivity contribution in [1.82, 2.24) is 4.31 Å². The molecule has 0 spiro atoms. The zero-order valence-corrected chi connectivity index (χ0v) is 19.6. The third-order valence-electron chi connectivity index (χ3n) is 4.73. The fraction of sp³-hybridized carbons (Fsp3) is 0.167. The first-order valence-electron chi connectivity index (χ1n) is 10.2. The number of sulfonamides is 1. The van der Waals surface area contributed by atoms with Gasteiger partial charge in [0, 0.05) is 29.9 Å². The summed E-state index contributed by atoms with van der Waals surface area (Å²) in [6.07, 6.45) is 0.443. The van der Waals surface area contributed by atoms with Crippen LogP contribution in [-0.4, -0.2) is 37.6 Å². The van der Waals surface area contributed by atoms with E-state index in [1.54, 1.807) is 24.3 Å². The number of nitrogens with one attached hydrogen (secondary N) is 2. The number of hydrogen-bond acceptors (Lipinski definition) is 4. The summed E-state index contributed by atoms with van der Waals surface area (Å²) in [5, 5.41) is 5.76. The molecular formula is C24H24ClN3O4S. The van der Waals surface area contributed by atoms with Crippen LogP contribution in [0.3, 0.4) is 0 Å². The molecule has 172 valence electrons. The minimum Gasteiger partial charge on any atom is -0.326 e. The molecule has 0 heterocycles. The quantitative estimate of drug-likeness (QED) is 0.475. The molecule has 7 nitrogen and oxygen atoms in total. The minimum atomic E-state index is -3.94. The Morgan fingerprint density at radius 3 is 2.15 bits per heavy atom. The van der Waals surface area contributed by atoms with Gasteiger partial charge in [0.1, 0.15) is 0 Å². The van der Waals surface area contributed by atoms with Crippen LogP contribution in [-0.2, 0) is 26.0 Å². The highest BCUT2D eigenvalue weighted by atomic mass is 35.5. The molecule has 0 aromatic heterocycles. The van der Waals surface area contributed by atoms with Gasteiger partial charge in [0.25, 0.3) is 0 Å². The Balaban J connectivity index is 1.79. The first-order chi connectivity index (χ1) is 15.7. The molecule has 3 rings (SSSR count). The molecule has 0 radical (unpaired) electrons. The topological polar surface area (TPSA) is 95.6 Å². The van der Waals surface area contributed by atoms with Crippen LogP contribution >= 0.6 is 11.6 Å². The number of amides is 2. The van der Waals surface area contributed by atoms with Crippen molar-refractivity contribution in [3.63, 3.8) is 0 Å². The van der Waals surface area contributed by atoms with Gasteiger partial charge >= 0.3 is 0 Å². The van der Waals surface area contributed by atoms with Crippen molar-refractivity contribution in [3.05, 3.63) is 89.4 Å². The second-order valence-corrected chi connectivity index (χ2v) is 9.71. The molecule has 0 aliphatic carbocycles. The first-order valence-corrected chi connectivity index (χ1v) is 12.0. The van der Waals surface area contributed by atoms with E-state index in [4.69, 9.17) is 11.6 Å². The Labute approximate surface area is 198 Å². The predicted molar refractivity (Wildman–Crippen MR) is 130 cm³/mol. The van der Waals surface area contributed by atoms with Crippen LogP contribution in [0, 0.1) is 0 Å². The van der Waals surface area contributed by atoms with Crippen LogP contribution < -0.4 is 10.6 Å². The fourth-order valence-electron chi connectivity index (χ4n) is 3.18. The summed E-state index contributed by atoms with van der Waals surface area (Å²) in [6.45, 7) is 1.13. The SMILES string of the molecule is CC(=O)Nc1cccc(NC(=O)CN(CCc2ccccc2)S(=O)(=O)c2ccc(Cl)cc2)c1. The maximum absolute atomic E-state index is 13.3. The molecule has 33 heavy (non-hydrogen) atoms. The standard InChI is InChI=1S/C24H24ClN3O4S/c1-18(29)26-21-8-5-9-22(16-21)27-24(30)17-28(15-14-19-6-3-2-4-7-19)33(31,32)23-12-10-20(25)11-13-23/h2-13,16H,14-15,17H2,1H3,(H,26,29)(H,27,30). The predicted octanol–water partition coefficient (Wildman–Crippen LogP) is 4.17. The van der Waals surface area contributed by atoms with Crippen molar-refractivity contribution in [2.24, 2.45) is 0 Å². The number of rotatable bonds is 9. The first kappa shape index (κ1) is 24.4. The molecule has 2 N–H and O–H groups in total. The van der Waals surface area contributed by atoms with E-state index < -0.39 is 15.9 Å². The highest BCUT2D eigenvalue weighted by molar-refractivity contribution is 7.89. The average Bonchev–Trinajstić information content (AvgIpc) is 2.77. The summed E-state index contributed by atoms with van der Waals surface area (Å²) in [4.78, 5) is 24.1. The van der Waals surface area contributed by atoms with Crippen molar-refractivity contribution in [2.45, 2.75) is 18.2 Å². The van der Waals surface area contributed by atoms with Gasteiger partial charge < -0.3 is 10.6 Å². The van der Waals surface area contributed by atoms with Crippen LogP contribution in [0.5, 0.6) is 0 Å². The normalized spacial score (nSPS) is 11.2. The van der Waals surface area contributed by atoms with Crippen molar-refractivity contribution in [3.8, 4) is 0 Å². The summed E-state index contributed by atoms with van der Waals surface area (Å²) >= 11 is 5.90. The maximum atomic E-state index is 13.3. The van der Waals surface area contributed by atoms with Crippen molar-refractivity contribution in [2.75, 3.05) is 23.7 Å². The van der Waals surface area contributed by atoms with Crippen molar-refractivity contribution >= 4 is 44.8 Å². The molecule has 0 atom stereocenters. The summed E-state index contributed by atoms with van der Waals surface area (Å²) in [6, 6.07) is 21.9. The van der Waals surface area contributed by atoms with Gasteiger partial charge in [0.05, 0.1) is 11.4 Å². The summed E-state index contributed by atoms with van der Waals surface area (Å²) in [7, 11) is -3.94. The molecule has 3 aromatic carbocycles. The van der Waals surface area contributed by atoms with E-state index in [1.807, 2.05) is 30.3 Å². The molecule has 3 aromatic rings. The number of nitrogens with zero attached hydrogens (tertiary/aromatic N) is 1. The average molecular weight is 486 g/mol. The Kier molecular flexibility index (Phi) is 8.21. The van der Waals surface area contributed by atoms with E-state index in [0.717, 1.165) is 9.87 Å².